The standard InChI is InChI=1S/C11H7NO4.C2H6O/c13-9-4-5-10(14)12(9)8-3-1-2-7(6-8)11(15)16;1-2-3/h1-6H,(H,15,16);3H,2H2,1H3. The van der Waals surface area contributed by atoms with Gasteiger partial charge in [-0.1, -0.05) is 6.07 Å². The highest BCUT2D eigenvalue weighted by molar-refractivity contribution is 6.28. The first kappa shape index (κ1) is 14.6. The molecule has 0 fully saturated rings. The molecule has 2 amide bonds. The van der Waals surface area contributed by atoms with Crippen molar-refractivity contribution in [1.29, 1.82) is 0 Å². The second kappa shape index (κ2) is 6.46. The maximum Gasteiger partial charge on any atom is 0.335 e. The Hall–Kier alpha value is -2.47. The average molecular weight is 263 g/mol. The molecule has 0 atom stereocenters. The summed E-state index contributed by atoms with van der Waals surface area (Å²) in [7, 11) is 0. The van der Waals surface area contributed by atoms with Gasteiger partial charge in [-0.05, 0) is 25.1 Å². The summed E-state index contributed by atoms with van der Waals surface area (Å²) in [5.41, 5.74) is 0.296. The van der Waals surface area contributed by atoms with Gasteiger partial charge in [-0.25, -0.2) is 9.69 Å². The Balaban J connectivity index is 0.000000550. The van der Waals surface area contributed by atoms with Crippen LogP contribution < -0.4 is 4.90 Å². The highest BCUT2D eigenvalue weighted by Crippen LogP contribution is 2.20. The quantitative estimate of drug-likeness (QED) is 0.770. The van der Waals surface area contributed by atoms with E-state index in [2.05, 4.69) is 0 Å². The molecule has 0 unspecified atom stereocenters. The highest BCUT2D eigenvalue weighted by atomic mass is 16.4. The van der Waals surface area contributed by atoms with Crippen LogP contribution in [0.2, 0.25) is 0 Å². The Labute approximate surface area is 109 Å². The van der Waals surface area contributed by atoms with E-state index in [1.165, 1.54) is 24.3 Å². The summed E-state index contributed by atoms with van der Waals surface area (Å²) in [5, 5.41) is 16.3. The Morgan fingerprint density at radius 3 is 2.21 bits per heavy atom. The van der Waals surface area contributed by atoms with Gasteiger partial charge in [-0.3, -0.25) is 9.59 Å². The second-order valence-electron chi connectivity index (χ2n) is 3.52. The van der Waals surface area contributed by atoms with E-state index < -0.39 is 17.8 Å². The molecule has 0 radical (unpaired) electrons. The van der Waals surface area contributed by atoms with Crippen LogP contribution in [0.15, 0.2) is 36.4 Å². The van der Waals surface area contributed by atoms with Crippen molar-refractivity contribution in [1.82, 2.24) is 0 Å². The molecule has 6 heteroatoms. The molecule has 0 bridgehead atoms. The second-order valence-corrected chi connectivity index (χ2v) is 3.52. The zero-order valence-electron chi connectivity index (χ0n) is 10.2. The number of carbonyl (C=O) groups is 3. The van der Waals surface area contributed by atoms with E-state index in [0.29, 0.717) is 0 Å². The summed E-state index contributed by atoms with van der Waals surface area (Å²) in [5.74, 6) is -2.03. The van der Waals surface area contributed by atoms with Crippen LogP contribution >= 0.6 is 0 Å². The maximum absolute atomic E-state index is 11.3. The Kier molecular flexibility index (Phi) is 4.96. The number of carboxylic acid groups (broad SMARTS) is 1. The molecule has 1 aliphatic heterocycles. The fourth-order valence-corrected chi connectivity index (χ4v) is 1.43. The zero-order valence-corrected chi connectivity index (χ0v) is 10.2. The lowest BCUT2D eigenvalue weighted by Crippen LogP contribution is -2.29. The van der Waals surface area contributed by atoms with Crippen molar-refractivity contribution in [3.63, 3.8) is 0 Å². The van der Waals surface area contributed by atoms with Crippen molar-refractivity contribution in [2.24, 2.45) is 0 Å². The van der Waals surface area contributed by atoms with Gasteiger partial charge in [0.1, 0.15) is 0 Å². The van der Waals surface area contributed by atoms with Crippen molar-refractivity contribution >= 4 is 23.5 Å². The maximum atomic E-state index is 11.3. The number of nitrogens with zero attached hydrogens (tertiary/aromatic N) is 1. The van der Waals surface area contributed by atoms with Crippen LogP contribution in [-0.2, 0) is 9.59 Å². The molecule has 0 saturated carbocycles. The minimum atomic E-state index is -1.10. The van der Waals surface area contributed by atoms with Gasteiger partial charge < -0.3 is 10.2 Å². The third-order valence-corrected chi connectivity index (χ3v) is 2.16. The number of carboxylic acids is 1. The van der Waals surface area contributed by atoms with Crippen molar-refractivity contribution in [2.75, 3.05) is 11.5 Å². The normalized spacial score (nSPS) is 13.3. The van der Waals surface area contributed by atoms with E-state index in [-0.39, 0.29) is 17.9 Å². The first-order valence-corrected chi connectivity index (χ1v) is 5.51. The molecule has 0 spiro atoms. The van der Waals surface area contributed by atoms with Gasteiger partial charge in [0.25, 0.3) is 11.8 Å². The molecule has 100 valence electrons. The number of imide groups is 1. The number of aliphatic hydroxyl groups is 1. The Morgan fingerprint density at radius 1 is 1.21 bits per heavy atom. The molecule has 6 nitrogen and oxygen atoms in total. The predicted octanol–water partition coefficient (Wildman–Crippen LogP) is 0.813. The number of anilines is 1. The summed E-state index contributed by atoms with van der Waals surface area (Å²) in [6.45, 7) is 1.93. The van der Waals surface area contributed by atoms with E-state index >= 15 is 0 Å². The third-order valence-electron chi connectivity index (χ3n) is 2.16. The summed E-state index contributed by atoms with van der Waals surface area (Å²) in [4.78, 5) is 34.3. The SMILES string of the molecule is CCO.O=C(O)c1cccc(N2C(=O)C=CC2=O)c1. The van der Waals surface area contributed by atoms with Gasteiger partial charge in [0.2, 0.25) is 0 Å². The smallest absolute Gasteiger partial charge is 0.335 e. The number of carbonyl (C=O) groups excluding carboxylic acids is 2. The molecule has 2 rings (SSSR count). The number of amides is 2. The molecule has 0 aliphatic carbocycles. The largest absolute Gasteiger partial charge is 0.478 e. The van der Waals surface area contributed by atoms with Gasteiger partial charge in [-0.2, -0.15) is 0 Å². The molecule has 19 heavy (non-hydrogen) atoms. The van der Waals surface area contributed by atoms with Crippen LogP contribution in [0.25, 0.3) is 0 Å². The van der Waals surface area contributed by atoms with Gasteiger partial charge in [0, 0.05) is 18.8 Å². The summed E-state index contributed by atoms with van der Waals surface area (Å²) in [6.07, 6.45) is 2.30. The minimum Gasteiger partial charge on any atom is -0.478 e. The molecule has 0 aromatic heterocycles. The molecular formula is C13H13NO5. The van der Waals surface area contributed by atoms with Crippen molar-refractivity contribution in [3.05, 3.63) is 42.0 Å². The topological polar surface area (TPSA) is 94.9 Å². The van der Waals surface area contributed by atoms with Gasteiger partial charge in [0.15, 0.2) is 0 Å². The van der Waals surface area contributed by atoms with Crippen molar-refractivity contribution in [3.8, 4) is 0 Å². The Morgan fingerprint density at radius 2 is 1.74 bits per heavy atom. The Bertz CT molecular complexity index is 518. The van der Waals surface area contributed by atoms with Crippen LogP contribution in [0.4, 0.5) is 5.69 Å². The monoisotopic (exact) mass is 263 g/mol. The average Bonchev–Trinajstić information content (AvgIpc) is 2.70. The van der Waals surface area contributed by atoms with Crippen LogP contribution in [0.5, 0.6) is 0 Å². The number of hydrogen-bond acceptors (Lipinski definition) is 4. The fraction of sp³-hybridized carbons (Fsp3) is 0.154. The molecule has 1 aromatic carbocycles. The minimum absolute atomic E-state index is 0.0324. The fourth-order valence-electron chi connectivity index (χ4n) is 1.43. The van der Waals surface area contributed by atoms with Crippen LogP contribution in [-0.4, -0.2) is 34.6 Å². The number of rotatable bonds is 2. The lowest BCUT2D eigenvalue weighted by atomic mass is 10.2. The van der Waals surface area contributed by atoms with Crippen LogP contribution in [0.3, 0.4) is 0 Å². The third kappa shape index (κ3) is 3.49. The van der Waals surface area contributed by atoms with Gasteiger partial charge in [0.05, 0.1) is 11.3 Å². The van der Waals surface area contributed by atoms with E-state index in [9.17, 15) is 14.4 Å². The lowest BCUT2D eigenvalue weighted by Gasteiger charge is -2.13. The number of aromatic carboxylic acids is 1. The van der Waals surface area contributed by atoms with Gasteiger partial charge >= 0.3 is 5.97 Å². The van der Waals surface area contributed by atoms with E-state index in [4.69, 9.17) is 10.2 Å². The number of aliphatic hydroxyl groups excluding tert-OH is 1. The van der Waals surface area contributed by atoms with E-state index in [1.807, 2.05) is 0 Å². The molecule has 1 aliphatic rings. The molecule has 2 N–H and O–H groups in total. The lowest BCUT2D eigenvalue weighted by molar-refractivity contribution is -0.119. The first-order valence-electron chi connectivity index (χ1n) is 5.51. The van der Waals surface area contributed by atoms with Crippen molar-refractivity contribution < 1.29 is 24.6 Å². The molecule has 0 saturated heterocycles. The number of benzene rings is 1. The van der Waals surface area contributed by atoms with Crippen molar-refractivity contribution in [2.45, 2.75) is 6.92 Å². The molecule has 1 heterocycles. The van der Waals surface area contributed by atoms with Crippen LogP contribution in [0, 0.1) is 0 Å². The van der Waals surface area contributed by atoms with Gasteiger partial charge in [-0.15, -0.1) is 0 Å². The van der Waals surface area contributed by atoms with E-state index in [1.54, 1.807) is 6.92 Å². The number of hydrogen-bond donors (Lipinski definition) is 2. The summed E-state index contributed by atoms with van der Waals surface area (Å²) >= 11 is 0. The van der Waals surface area contributed by atoms with Crippen LogP contribution in [0.1, 0.15) is 17.3 Å². The molecule has 1 aromatic rings. The first-order chi connectivity index (χ1) is 9.01. The predicted molar refractivity (Wildman–Crippen MR) is 67.8 cm³/mol. The summed E-state index contributed by atoms with van der Waals surface area (Å²) in [6, 6.07) is 5.67. The zero-order chi connectivity index (χ0) is 14.4. The summed E-state index contributed by atoms with van der Waals surface area (Å²) < 4.78 is 0. The highest BCUT2D eigenvalue weighted by Gasteiger charge is 2.25. The van der Waals surface area contributed by atoms with E-state index in [0.717, 1.165) is 17.1 Å². The molecular weight excluding hydrogens is 250 g/mol.